The van der Waals surface area contributed by atoms with Gasteiger partial charge in [0.15, 0.2) is 17.5 Å². The predicted octanol–water partition coefficient (Wildman–Crippen LogP) is 1.32. The maximum atomic E-state index is 12.2. The number of fused-ring (bicyclic) bond motifs is 1. The van der Waals surface area contributed by atoms with Gasteiger partial charge in [-0.05, 0) is 31.4 Å². The van der Waals surface area contributed by atoms with E-state index < -0.39 is 10.0 Å². The zero-order chi connectivity index (χ0) is 20.5. The van der Waals surface area contributed by atoms with Gasteiger partial charge in [-0.1, -0.05) is 0 Å². The summed E-state index contributed by atoms with van der Waals surface area (Å²) in [4.78, 5) is 4.14. The summed E-state index contributed by atoms with van der Waals surface area (Å²) in [5, 5.41) is 6.16. The van der Waals surface area contributed by atoms with Gasteiger partial charge in [-0.25, -0.2) is 13.1 Å². The van der Waals surface area contributed by atoms with E-state index in [1.165, 1.54) is 0 Å². The lowest BCUT2D eigenvalue weighted by atomic mass is 10.1. The van der Waals surface area contributed by atoms with Crippen molar-refractivity contribution < 1.29 is 22.6 Å². The van der Waals surface area contributed by atoms with Crippen LogP contribution in [0.4, 0.5) is 5.69 Å². The lowest BCUT2D eigenvalue weighted by Gasteiger charge is -2.22. The first-order valence-corrected chi connectivity index (χ1v) is 11.7. The number of sulfonamides is 1. The average Bonchev–Trinajstić information content (AvgIpc) is 2.97. The first kappa shape index (κ1) is 21.7. The summed E-state index contributed by atoms with van der Waals surface area (Å²) >= 11 is 0. The van der Waals surface area contributed by atoms with Crippen LogP contribution in [0.25, 0.3) is 0 Å². The van der Waals surface area contributed by atoms with Crippen LogP contribution in [0.2, 0.25) is 0 Å². The van der Waals surface area contributed by atoms with E-state index in [1.54, 1.807) is 7.05 Å². The van der Waals surface area contributed by atoms with Gasteiger partial charge < -0.3 is 24.8 Å². The number of hydrogen-bond acceptors (Lipinski definition) is 6. The van der Waals surface area contributed by atoms with Crippen LogP contribution in [0, 0.1) is 0 Å². The van der Waals surface area contributed by atoms with Gasteiger partial charge in [-0.3, -0.25) is 4.99 Å². The molecular weight excluding hydrogens is 396 g/mol. The number of anilines is 1. The van der Waals surface area contributed by atoms with Gasteiger partial charge in [0.2, 0.25) is 10.0 Å². The molecular formula is C19H30N4O5S. The van der Waals surface area contributed by atoms with Crippen LogP contribution in [0.5, 0.6) is 11.5 Å². The van der Waals surface area contributed by atoms with Crippen molar-refractivity contribution in [1.82, 2.24) is 10.0 Å². The summed E-state index contributed by atoms with van der Waals surface area (Å²) in [6, 6.07) is 5.55. The molecule has 10 heteroatoms. The minimum atomic E-state index is -3.39. The van der Waals surface area contributed by atoms with Crippen LogP contribution in [-0.4, -0.2) is 66.2 Å². The van der Waals surface area contributed by atoms with Gasteiger partial charge in [-0.2, -0.15) is 0 Å². The van der Waals surface area contributed by atoms with E-state index in [9.17, 15) is 8.42 Å². The van der Waals surface area contributed by atoms with Crippen molar-refractivity contribution in [3.05, 3.63) is 18.2 Å². The van der Waals surface area contributed by atoms with Crippen molar-refractivity contribution in [2.24, 2.45) is 4.99 Å². The summed E-state index contributed by atoms with van der Waals surface area (Å²) in [6.07, 6.45) is 3.84. The van der Waals surface area contributed by atoms with Gasteiger partial charge in [0, 0.05) is 44.9 Å². The Morgan fingerprint density at radius 1 is 1.14 bits per heavy atom. The molecule has 162 valence electrons. The Kier molecular flexibility index (Phi) is 7.96. The van der Waals surface area contributed by atoms with E-state index in [1.807, 2.05) is 18.2 Å². The maximum Gasteiger partial charge on any atom is 0.213 e. The molecule has 0 saturated carbocycles. The molecule has 1 aromatic rings. The van der Waals surface area contributed by atoms with Crippen LogP contribution in [0.3, 0.4) is 0 Å². The van der Waals surface area contributed by atoms with E-state index in [-0.39, 0.29) is 18.4 Å². The van der Waals surface area contributed by atoms with Gasteiger partial charge in [0.25, 0.3) is 0 Å². The quantitative estimate of drug-likeness (QED) is 0.446. The number of benzene rings is 1. The lowest BCUT2D eigenvalue weighted by molar-refractivity contribution is 0.0200. The van der Waals surface area contributed by atoms with E-state index in [4.69, 9.17) is 14.2 Å². The van der Waals surface area contributed by atoms with Crippen LogP contribution >= 0.6 is 0 Å². The molecule has 1 saturated heterocycles. The SMILES string of the molecule is CN=C(NCCS(=O)(=O)NCC1CCCCO1)Nc1ccc2c(c1)OCCCO2. The highest BCUT2D eigenvalue weighted by molar-refractivity contribution is 7.89. The zero-order valence-corrected chi connectivity index (χ0v) is 17.6. The molecule has 0 aliphatic carbocycles. The van der Waals surface area contributed by atoms with E-state index >= 15 is 0 Å². The van der Waals surface area contributed by atoms with Crippen LogP contribution in [0.1, 0.15) is 25.7 Å². The predicted molar refractivity (Wildman–Crippen MR) is 112 cm³/mol. The van der Waals surface area contributed by atoms with E-state index in [0.29, 0.717) is 38.1 Å². The first-order valence-electron chi connectivity index (χ1n) is 10.0. The average molecular weight is 427 g/mol. The van der Waals surface area contributed by atoms with Crippen molar-refractivity contribution in [3.63, 3.8) is 0 Å². The highest BCUT2D eigenvalue weighted by Crippen LogP contribution is 2.32. The molecule has 2 aliphatic rings. The fraction of sp³-hybridized carbons (Fsp3) is 0.632. The third kappa shape index (κ3) is 7.06. The Morgan fingerprint density at radius 2 is 1.97 bits per heavy atom. The smallest absolute Gasteiger partial charge is 0.213 e. The number of rotatable bonds is 7. The minimum Gasteiger partial charge on any atom is -0.490 e. The molecule has 0 radical (unpaired) electrons. The first-order chi connectivity index (χ1) is 14.1. The highest BCUT2D eigenvalue weighted by Gasteiger charge is 2.18. The number of ether oxygens (including phenoxy) is 3. The van der Waals surface area contributed by atoms with Gasteiger partial charge >= 0.3 is 0 Å². The molecule has 29 heavy (non-hydrogen) atoms. The summed E-state index contributed by atoms with van der Waals surface area (Å²) in [5.41, 5.74) is 0.776. The molecule has 0 spiro atoms. The minimum absolute atomic E-state index is 0.0275. The molecule has 9 nitrogen and oxygen atoms in total. The molecule has 1 aromatic carbocycles. The Labute approximate surface area is 172 Å². The van der Waals surface area contributed by atoms with Crippen LogP contribution in [0.15, 0.2) is 23.2 Å². The number of guanidine groups is 1. The van der Waals surface area contributed by atoms with Crippen molar-refractivity contribution >= 4 is 21.7 Å². The molecule has 1 unspecified atom stereocenters. The van der Waals surface area contributed by atoms with Crippen molar-refractivity contribution in [2.75, 3.05) is 51.0 Å². The van der Waals surface area contributed by atoms with E-state index in [2.05, 4.69) is 20.3 Å². The van der Waals surface area contributed by atoms with Crippen LogP contribution in [-0.2, 0) is 14.8 Å². The molecule has 1 atom stereocenters. The molecule has 3 N–H and O–H groups in total. The topological polar surface area (TPSA) is 110 Å². The lowest BCUT2D eigenvalue weighted by Crippen LogP contribution is -2.40. The fourth-order valence-electron chi connectivity index (χ4n) is 3.12. The summed E-state index contributed by atoms with van der Waals surface area (Å²) in [5.74, 6) is 1.82. The number of hydrogen-bond donors (Lipinski definition) is 3. The highest BCUT2D eigenvalue weighted by atomic mass is 32.2. The second-order valence-electron chi connectivity index (χ2n) is 6.99. The zero-order valence-electron chi connectivity index (χ0n) is 16.8. The summed E-state index contributed by atoms with van der Waals surface area (Å²) < 4.78 is 43.9. The third-order valence-electron chi connectivity index (χ3n) is 4.70. The molecule has 0 amide bonds. The van der Waals surface area contributed by atoms with Crippen molar-refractivity contribution in [3.8, 4) is 11.5 Å². The second-order valence-corrected chi connectivity index (χ2v) is 8.92. The van der Waals surface area contributed by atoms with Gasteiger partial charge in [0.05, 0.1) is 25.1 Å². The molecule has 0 aromatic heterocycles. The summed E-state index contributed by atoms with van der Waals surface area (Å²) in [7, 11) is -1.76. The number of aliphatic imine (C=N–C) groups is 1. The van der Waals surface area contributed by atoms with Crippen molar-refractivity contribution in [1.29, 1.82) is 0 Å². The second kappa shape index (κ2) is 10.7. The van der Waals surface area contributed by atoms with Crippen molar-refractivity contribution in [2.45, 2.75) is 31.8 Å². The third-order valence-corrected chi connectivity index (χ3v) is 6.05. The Balaban J connectivity index is 1.44. The normalized spacial score (nSPS) is 20.0. The molecule has 0 bridgehead atoms. The molecule has 1 fully saturated rings. The van der Waals surface area contributed by atoms with E-state index in [0.717, 1.165) is 37.1 Å². The monoisotopic (exact) mass is 426 g/mol. The fourth-order valence-corrected chi connectivity index (χ4v) is 4.08. The Bertz CT molecular complexity index is 794. The number of nitrogens with one attached hydrogen (secondary N) is 3. The largest absolute Gasteiger partial charge is 0.490 e. The molecule has 3 rings (SSSR count). The van der Waals surface area contributed by atoms with Crippen LogP contribution < -0.4 is 24.8 Å². The standard InChI is InChI=1S/C19H30N4O5S/c1-20-19(23-15-6-7-17-18(13-15)28-11-4-10-27-17)21-8-12-29(24,25)22-14-16-5-2-3-9-26-16/h6-7,13,16,22H,2-5,8-12,14H2,1H3,(H2,20,21,23). The molecule has 2 heterocycles. The van der Waals surface area contributed by atoms with Gasteiger partial charge in [-0.15, -0.1) is 0 Å². The summed E-state index contributed by atoms with van der Waals surface area (Å²) in [6.45, 7) is 2.51. The maximum absolute atomic E-state index is 12.2. The number of nitrogens with zero attached hydrogens (tertiary/aromatic N) is 1. The van der Waals surface area contributed by atoms with Gasteiger partial charge in [0.1, 0.15) is 0 Å². The Morgan fingerprint density at radius 3 is 2.72 bits per heavy atom. The Hall–Kier alpha value is -2.04. The molecule has 2 aliphatic heterocycles.